The van der Waals surface area contributed by atoms with E-state index in [2.05, 4.69) is 39.0 Å². The van der Waals surface area contributed by atoms with Gasteiger partial charge < -0.3 is 0 Å². The van der Waals surface area contributed by atoms with Gasteiger partial charge in [0.05, 0.1) is 0 Å². The Bertz CT molecular complexity index is 416. The minimum Gasteiger partial charge on any atom is -0.0617 e. The molecule has 0 amide bonds. The first-order valence-electron chi connectivity index (χ1n) is 6.66. The van der Waals surface area contributed by atoms with Gasteiger partial charge in [-0.25, -0.2) is 0 Å². The van der Waals surface area contributed by atoms with E-state index >= 15 is 0 Å². The van der Waals surface area contributed by atoms with Crippen molar-refractivity contribution >= 4 is 0 Å². The fourth-order valence-corrected chi connectivity index (χ4v) is 3.68. The van der Waals surface area contributed by atoms with E-state index in [0.29, 0.717) is 10.8 Å². The lowest BCUT2D eigenvalue weighted by molar-refractivity contribution is 0.244. The maximum absolute atomic E-state index is 2.40. The van der Waals surface area contributed by atoms with Crippen LogP contribution in [0.15, 0.2) is 18.2 Å². The van der Waals surface area contributed by atoms with Gasteiger partial charge in [-0.05, 0) is 53.2 Å². The van der Waals surface area contributed by atoms with E-state index in [1.54, 1.807) is 16.7 Å². The van der Waals surface area contributed by atoms with E-state index in [4.69, 9.17) is 0 Å². The molecule has 1 spiro atoms. The molecule has 0 aromatic heterocycles. The van der Waals surface area contributed by atoms with Crippen LogP contribution in [-0.2, 0) is 17.3 Å². The van der Waals surface area contributed by atoms with Crippen LogP contribution in [0.5, 0.6) is 0 Å². The van der Waals surface area contributed by atoms with Crippen LogP contribution < -0.4 is 0 Å². The summed E-state index contributed by atoms with van der Waals surface area (Å²) >= 11 is 0. The SMILES string of the molecule is CC(C)(C)c1cccc2c1CCC21CCC1. The van der Waals surface area contributed by atoms with Crippen molar-refractivity contribution in [3.8, 4) is 0 Å². The first kappa shape index (κ1) is 10.4. The molecule has 0 unspecified atom stereocenters. The Morgan fingerprint density at radius 2 is 1.81 bits per heavy atom. The molecule has 2 aliphatic carbocycles. The zero-order valence-electron chi connectivity index (χ0n) is 10.8. The molecular formula is C16H22. The van der Waals surface area contributed by atoms with Crippen LogP contribution in [0.2, 0.25) is 0 Å². The number of fused-ring (bicyclic) bond motifs is 2. The van der Waals surface area contributed by atoms with Gasteiger partial charge in [-0.1, -0.05) is 45.4 Å². The molecule has 0 atom stereocenters. The fraction of sp³-hybridized carbons (Fsp3) is 0.625. The summed E-state index contributed by atoms with van der Waals surface area (Å²) in [4.78, 5) is 0. The van der Waals surface area contributed by atoms with E-state index in [9.17, 15) is 0 Å². The summed E-state index contributed by atoms with van der Waals surface area (Å²) in [5, 5.41) is 0. The Labute approximate surface area is 99.1 Å². The van der Waals surface area contributed by atoms with Crippen LogP contribution in [0.25, 0.3) is 0 Å². The lowest BCUT2D eigenvalue weighted by atomic mass is 9.65. The van der Waals surface area contributed by atoms with E-state index in [1.165, 1.54) is 32.1 Å². The van der Waals surface area contributed by atoms with Gasteiger partial charge in [-0.2, -0.15) is 0 Å². The molecule has 16 heavy (non-hydrogen) atoms. The minimum atomic E-state index is 0.306. The van der Waals surface area contributed by atoms with Gasteiger partial charge >= 0.3 is 0 Å². The van der Waals surface area contributed by atoms with Crippen LogP contribution >= 0.6 is 0 Å². The van der Waals surface area contributed by atoms with Gasteiger partial charge in [0.1, 0.15) is 0 Å². The lowest BCUT2D eigenvalue weighted by Gasteiger charge is -2.39. The molecule has 1 aromatic carbocycles. The Morgan fingerprint density at radius 3 is 2.38 bits per heavy atom. The highest BCUT2D eigenvalue weighted by Crippen LogP contribution is 2.53. The van der Waals surface area contributed by atoms with Crippen LogP contribution in [0.3, 0.4) is 0 Å². The van der Waals surface area contributed by atoms with Crippen LogP contribution in [0.4, 0.5) is 0 Å². The third kappa shape index (κ3) is 1.28. The van der Waals surface area contributed by atoms with Crippen molar-refractivity contribution in [2.45, 2.75) is 63.7 Å². The Hall–Kier alpha value is -0.780. The summed E-state index contributed by atoms with van der Waals surface area (Å²) in [7, 11) is 0. The molecule has 1 saturated carbocycles. The third-order valence-electron chi connectivity index (χ3n) is 4.72. The molecule has 1 fully saturated rings. The molecule has 1 aromatic rings. The van der Waals surface area contributed by atoms with Gasteiger partial charge in [-0.15, -0.1) is 0 Å². The van der Waals surface area contributed by atoms with Gasteiger partial charge in [0.2, 0.25) is 0 Å². The highest BCUT2D eigenvalue weighted by Gasteiger charge is 2.44. The van der Waals surface area contributed by atoms with Gasteiger partial charge in [-0.3, -0.25) is 0 Å². The normalized spacial score (nSPS) is 21.9. The van der Waals surface area contributed by atoms with Gasteiger partial charge in [0.15, 0.2) is 0 Å². The quantitative estimate of drug-likeness (QED) is 0.602. The van der Waals surface area contributed by atoms with Crippen molar-refractivity contribution < 1.29 is 0 Å². The summed E-state index contributed by atoms with van der Waals surface area (Å²) in [6, 6.07) is 7.03. The van der Waals surface area contributed by atoms with Crippen molar-refractivity contribution in [1.29, 1.82) is 0 Å². The second kappa shape index (κ2) is 3.12. The maximum atomic E-state index is 2.40. The molecule has 0 bridgehead atoms. The molecule has 3 rings (SSSR count). The summed E-state index contributed by atoms with van der Waals surface area (Å²) in [6.45, 7) is 7.02. The summed E-state index contributed by atoms with van der Waals surface area (Å²) < 4.78 is 0. The molecule has 86 valence electrons. The highest BCUT2D eigenvalue weighted by molar-refractivity contribution is 5.48. The van der Waals surface area contributed by atoms with Crippen molar-refractivity contribution in [2.24, 2.45) is 0 Å². The van der Waals surface area contributed by atoms with Crippen molar-refractivity contribution in [3.63, 3.8) is 0 Å². The van der Waals surface area contributed by atoms with E-state index in [0.717, 1.165) is 0 Å². The highest BCUT2D eigenvalue weighted by atomic mass is 14.5. The second-order valence-corrected chi connectivity index (χ2v) is 6.72. The Kier molecular flexibility index (Phi) is 2.02. The van der Waals surface area contributed by atoms with Crippen molar-refractivity contribution in [2.75, 3.05) is 0 Å². The Balaban J connectivity index is 2.13. The zero-order chi connectivity index (χ0) is 11.4. The van der Waals surface area contributed by atoms with E-state index < -0.39 is 0 Å². The van der Waals surface area contributed by atoms with Crippen LogP contribution in [0.1, 0.15) is 63.1 Å². The number of hydrogen-bond donors (Lipinski definition) is 0. The average Bonchev–Trinajstić information content (AvgIpc) is 2.53. The molecule has 0 radical (unpaired) electrons. The smallest absolute Gasteiger partial charge is 0.00410 e. The molecule has 0 aliphatic heterocycles. The average molecular weight is 214 g/mol. The number of benzene rings is 1. The standard InChI is InChI=1S/C16H22/c1-15(2,3)13-6-4-7-14-12(13)8-11-16(14)9-5-10-16/h4,6-7H,5,8-11H2,1-3H3. The predicted octanol–water partition coefficient (Wildman–Crippen LogP) is 4.35. The van der Waals surface area contributed by atoms with Gasteiger partial charge in [0, 0.05) is 0 Å². The fourth-order valence-electron chi connectivity index (χ4n) is 3.68. The molecule has 0 N–H and O–H groups in total. The van der Waals surface area contributed by atoms with Crippen LogP contribution in [-0.4, -0.2) is 0 Å². The summed E-state index contributed by atoms with van der Waals surface area (Å²) in [6.07, 6.45) is 7.05. The summed E-state index contributed by atoms with van der Waals surface area (Å²) in [5.74, 6) is 0. The Morgan fingerprint density at radius 1 is 1.06 bits per heavy atom. The number of rotatable bonds is 0. The monoisotopic (exact) mass is 214 g/mol. The van der Waals surface area contributed by atoms with E-state index in [1.807, 2.05) is 0 Å². The molecule has 0 heterocycles. The zero-order valence-corrected chi connectivity index (χ0v) is 10.8. The first-order valence-corrected chi connectivity index (χ1v) is 6.66. The maximum Gasteiger partial charge on any atom is -0.00410 e. The van der Waals surface area contributed by atoms with Crippen LogP contribution in [0, 0.1) is 0 Å². The van der Waals surface area contributed by atoms with E-state index in [-0.39, 0.29) is 0 Å². The second-order valence-electron chi connectivity index (χ2n) is 6.72. The predicted molar refractivity (Wildman–Crippen MR) is 69.0 cm³/mol. The number of hydrogen-bond acceptors (Lipinski definition) is 0. The molecule has 2 aliphatic rings. The topological polar surface area (TPSA) is 0 Å². The first-order chi connectivity index (χ1) is 7.53. The molecule has 0 heteroatoms. The van der Waals surface area contributed by atoms with Crippen molar-refractivity contribution in [3.05, 3.63) is 34.9 Å². The molecule has 0 saturated heterocycles. The third-order valence-corrected chi connectivity index (χ3v) is 4.72. The minimum absolute atomic E-state index is 0.306. The molecular weight excluding hydrogens is 192 g/mol. The largest absolute Gasteiger partial charge is 0.0617 e. The molecule has 0 nitrogen and oxygen atoms in total. The van der Waals surface area contributed by atoms with Gasteiger partial charge in [0.25, 0.3) is 0 Å². The summed E-state index contributed by atoms with van der Waals surface area (Å²) in [5.41, 5.74) is 5.90. The lowest BCUT2D eigenvalue weighted by Crippen LogP contribution is -2.31. The van der Waals surface area contributed by atoms with Crippen molar-refractivity contribution in [1.82, 2.24) is 0 Å².